The zero-order valence-electron chi connectivity index (χ0n) is 12.6. The Balaban J connectivity index is 1.70. The van der Waals surface area contributed by atoms with E-state index in [1.165, 1.54) is 0 Å². The molecule has 0 aliphatic carbocycles. The van der Waals surface area contributed by atoms with E-state index >= 15 is 0 Å². The maximum atomic E-state index is 11.9. The highest BCUT2D eigenvalue weighted by Gasteiger charge is 2.13. The second-order valence-electron chi connectivity index (χ2n) is 5.13. The van der Waals surface area contributed by atoms with Gasteiger partial charge in [0, 0.05) is 26.2 Å². The molecule has 0 spiro atoms. The van der Waals surface area contributed by atoms with Crippen LogP contribution < -0.4 is 10.6 Å². The first-order chi connectivity index (χ1) is 11.1. The first-order valence-corrected chi connectivity index (χ1v) is 8.12. The van der Waals surface area contributed by atoms with Crippen LogP contribution in [0.4, 0.5) is 5.69 Å². The van der Waals surface area contributed by atoms with E-state index in [9.17, 15) is 9.59 Å². The van der Waals surface area contributed by atoms with Gasteiger partial charge in [-0.05, 0) is 12.1 Å². The molecule has 8 heteroatoms. The monoisotopic (exact) mass is 359 g/mol. The Morgan fingerprint density at radius 3 is 2.65 bits per heavy atom. The van der Waals surface area contributed by atoms with E-state index in [0.29, 0.717) is 17.3 Å². The predicted molar refractivity (Wildman–Crippen MR) is 90.0 cm³/mol. The van der Waals surface area contributed by atoms with Gasteiger partial charge < -0.3 is 15.4 Å². The summed E-state index contributed by atoms with van der Waals surface area (Å²) in [6.07, 6.45) is -0.258. The Labute approximate surface area is 145 Å². The van der Waals surface area contributed by atoms with Crippen molar-refractivity contribution in [1.82, 2.24) is 10.2 Å². The Morgan fingerprint density at radius 1 is 1.17 bits per heavy atom. The minimum absolute atomic E-state index is 0.258. The van der Waals surface area contributed by atoms with Crippen LogP contribution in [-0.2, 0) is 14.3 Å². The van der Waals surface area contributed by atoms with Crippen LogP contribution in [0.2, 0.25) is 10.0 Å². The minimum atomic E-state index is -0.432. The predicted octanol–water partition coefficient (Wildman–Crippen LogP) is 1.77. The third-order valence-corrected chi connectivity index (χ3v) is 4.22. The van der Waals surface area contributed by atoms with Crippen molar-refractivity contribution in [1.29, 1.82) is 0 Å². The van der Waals surface area contributed by atoms with Crippen LogP contribution in [0.3, 0.4) is 0 Å². The number of carbonyl (C=O) groups is 2. The van der Waals surface area contributed by atoms with E-state index in [1.54, 1.807) is 18.2 Å². The van der Waals surface area contributed by atoms with Crippen molar-refractivity contribution in [3.05, 3.63) is 28.2 Å². The van der Waals surface area contributed by atoms with E-state index < -0.39 is 5.91 Å². The summed E-state index contributed by atoms with van der Waals surface area (Å²) in [6.45, 7) is 4.42. The van der Waals surface area contributed by atoms with Crippen molar-refractivity contribution in [2.45, 2.75) is 6.42 Å². The molecule has 2 amide bonds. The molecule has 6 nitrogen and oxygen atoms in total. The number of amides is 2. The fourth-order valence-electron chi connectivity index (χ4n) is 2.18. The molecule has 0 unspecified atom stereocenters. The van der Waals surface area contributed by atoms with Crippen LogP contribution in [0.5, 0.6) is 0 Å². The molecule has 0 radical (unpaired) electrons. The standard InChI is InChI=1S/C15H19Cl2N3O3/c16-11-2-1-3-12(15(11)17)19-14(22)10-13(21)18-4-5-20-6-8-23-9-7-20/h1-3H,4-10H2,(H,18,21)(H,19,22). The number of nitrogens with zero attached hydrogens (tertiary/aromatic N) is 1. The van der Waals surface area contributed by atoms with Crippen LogP contribution in [0.25, 0.3) is 0 Å². The highest BCUT2D eigenvalue weighted by Crippen LogP contribution is 2.29. The smallest absolute Gasteiger partial charge is 0.233 e. The number of carbonyl (C=O) groups excluding carboxylic acids is 2. The van der Waals surface area contributed by atoms with Gasteiger partial charge in [-0.2, -0.15) is 0 Å². The zero-order valence-corrected chi connectivity index (χ0v) is 14.1. The van der Waals surface area contributed by atoms with Crippen LogP contribution in [-0.4, -0.2) is 56.1 Å². The molecule has 1 aromatic carbocycles. The lowest BCUT2D eigenvalue weighted by atomic mass is 10.3. The maximum Gasteiger partial charge on any atom is 0.233 e. The van der Waals surface area contributed by atoms with Gasteiger partial charge >= 0.3 is 0 Å². The van der Waals surface area contributed by atoms with Gasteiger partial charge in [-0.3, -0.25) is 14.5 Å². The Hall–Kier alpha value is -1.34. The van der Waals surface area contributed by atoms with Crippen molar-refractivity contribution in [2.75, 3.05) is 44.7 Å². The number of ether oxygens (including phenoxy) is 1. The van der Waals surface area contributed by atoms with E-state index in [4.69, 9.17) is 27.9 Å². The molecule has 1 fully saturated rings. The van der Waals surface area contributed by atoms with Crippen LogP contribution in [0.15, 0.2) is 18.2 Å². The molecule has 2 N–H and O–H groups in total. The molecule has 0 saturated carbocycles. The Kier molecular flexibility index (Phi) is 7.11. The highest BCUT2D eigenvalue weighted by atomic mass is 35.5. The van der Waals surface area contributed by atoms with Gasteiger partial charge in [-0.15, -0.1) is 0 Å². The molecule has 1 heterocycles. The second kappa shape index (κ2) is 9.08. The normalized spacial score (nSPS) is 15.2. The Morgan fingerprint density at radius 2 is 1.91 bits per heavy atom. The molecule has 1 aliphatic rings. The topological polar surface area (TPSA) is 70.7 Å². The zero-order chi connectivity index (χ0) is 16.7. The summed E-state index contributed by atoms with van der Waals surface area (Å²) in [5.74, 6) is -0.757. The molecule has 2 rings (SSSR count). The van der Waals surface area contributed by atoms with Gasteiger partial charge in [0.1, 0.15) is 6.42 Å². The molecule has 126 valence electrons. The molecular formula is C15H19Cl2N3O3. The SMILES string of the molecule is O=C(CC(=O)Nc1cccc(Cl)c1Cl)NCCN1CCOCC1. The van der Waals surface area contributed by atoms with Gasteiger partial charge in [0.05, 0.1) is 28.9 Å². The number of rotatable bonds is 6. The molecule has 1 saturated heterocycles. The third-order valence-electron chi connectivity index (χ3n) is 3.40. The number of morpholine rings is 1. The first-order valence-electron chi connectivity index (χ1n) is 7.37. The molecule has 1 aromatic rings. The molecule has 0 aromatic heterocycles. The van der Waals surface area contributed by atoms with E-state index in [-0.39, 0.29) is 17.4 Å². The largest absolute Gasteiger partial charge is 0.379 e. The lowest BCUT2D eigenvalue weighted by molar-refractivity contribution is -0.126. The first kappa shape index (κ1) is 18.0. The van der Waals surface area contributed by atoms with Crippen LogP contribution >= 0.6 is 23.2 Å². The van der Waals surface area contributed by atoms with Crippen molar-refractivity contribution < 1.29 is 14.3 Å². The second-order valence-corrected chi connectivity index (χ2v) is 5.92. The van der Waals surface area contributed by atoms with E-state index in [0.717, 1.165) is 32.8 Å². The van der Waals surface area contributed by atoms with Gasteiger partial charge in [0.2, 0.25) is 11.8 Å². The van der Waals surface area contributed by atoms with Crippen molar-refractivity contribution in [3.8, 4) is 0 Å². The number of hydrogen-bond acceptors (Lipinski definition) is 4. The number of benzene rings is 1. The number of halogens is 2. The average Bonchev–Trinajstić information content (AvgIpc) is 2.53. The summed E-state index contributed by atoms with van der Waals surface area (Å²) in [6, 6.07) is 4.92. The summed E-state index contributed by atoms with van der Waals surface area (Å²) >= 11 is 11.8. The molecule has 0 atom stereocenters. The van der Waals surface area contributed by atoms with Gasteiger partial charge in [0.15, 0.2) is 0 Å². The number of hydrogen-bond donors (Lipinski definition) is 2. The number of nitrogens with one attached hydrogen (secondary N) is 2. The summed E-state index contributed by atoms with van der Waals surface area (Å²) < 4.78 is 5.25. The molecule has 0 bridgehead atoms. The van der Waals surface area contributed by atoms with Crippen LogP contribution in [0.1, 0.15) is 6.42 Å². The fourth-order valence-corrected chi connectivity index (χ4v) is 2.53. The summed E-state index contributed by atoms with van der Waals surface area (Å²) in [7, 11) is 0. The lowest BCUT2D eigenvalue weighted by Gasteiger charge is -2.26. The van der Waals surface area contributed by atoms with Crippen molar-refractivity contribution in [3.63, 3.8) is 0 Å². The molecular weight excluding hydrogens is 341 g/mol. The Bertz CT molecular complexity index is 563. The van der Waals surface area contributed by atoms with Gasteiger partial charge in [-0.1, -0.05) is 29.3 Å². The van der Waals surface area contributed by atoms with Crippen LogP contribution in [0, 0.1) is 0 Å². The van der Waals surface area contributed by atoms with E-state index in [2.05, 4.69) is 15.5 Å². The maximum absolute atomic E-state index is 11.9. The summed E-state index contributed by atoms with van der Waals surface area (Å²) in [5.41, 5.74) is 0.394. The summed E-state index contributed by atoms with van der Waals surface area (Å²) in [4.78, 5) is 25.8. The average molecular weight is 360 g/mol. The molecule has 1 aliphatic heterocycles. The minimum Gasteiger partial charge on any atom is -0.379 e. The quantitative estimate of drug-likeness (QED) is 0.759. The van der Waals surface area contributed by atoms with Gasteiger partial charge in [-0.25, -0.2) is 0 Å². The van der Waals surface area contributed by atoms with Crippen molar-refractivity contribution >= 4 is 40.7 Å². The number of anilines is 1. The van der Waals surface area contributed by atoms with Gasteiger partial charge in [0.25, 0.3) is 0 Å². The van der Waals surface area contributed by atoms with E-state index in [1.807, 2.05) is 0 Å². The highest BCUT2D eigenvalue weighted by molar-refractivity contribution is 6.44. The fraction of sp³-hybridized carbons (Fsp3) is 0.467. The summed E-state index contributed by atoms with van der Waals surface area (Å²) in [5, 5.41) is 5.92. The third kappa shape index (κ3) is 5.99. The molecule has 23 heavy (non-hydrogen) atoms. The lowest BCUT2D eigenvalue weighted by Crippen LogP contribution is -2.41. The van der Waals surface area contributed by atoms with Crippen molar-refractivity contribution in [2.24, 2.45) is 0 Å².